The lowest BCUT2D eigenvalue weighted by Gasteiger charge is -2.44. The van der Waals surface area contributed by atoms with Crippen LogP contribution in [-0.4, -0.2) is 20.6 Å². The molecular weight excluding hydrogens is 439 g/mol. The fourth-order valence-electron chi connectivity index (χ4n) is 6.08. The number of fused-ring (bicyclic) bond motifs is 5. The summed E-state index contributed by atoms with van der Waals surface area (Å²) in [6, 6.07) is 4.71. The maximum atomic E-state index is 12.9. The molecule has 3 heterocycles. The van der Waals surface area contributed by atoms with Gasteiger partial charge in [0, 0.05) is 40.3 Å². The summed E-state index contributed by atoms with van der Waals surface area (Å²) in [5, 5.41) is 8.25. The van der Waals surface area contributed by atoms with Crippen molar-refractivity contribution >= 4 is 5.57 Å². The van der Waals surface area contributed by atoms with Crippen LogP contribution in [0.3, 0.4) is 0 Å². The molecule has 4 aliphatic rings. The zero-order valence-corrected chi connectivity index (χ0v) is 18.7. The van der Waals surface area contributed by atoms with Crippen molar-refractivity contribution in [2.45, 2.75) is 25.6 Å². The molecule has 0 bridgehead atoms. The Kier molecular flexibility index (Phi) is 4.14. The van der Waals surface area contributed by atoms with Gasteiger partial charge in [0.2, 0.25) is 11.8 Å². The van der Waals surface area contributed by atoms with Crippen molar-refractivity contribution < 1.29 is 17.6 Å². The van der Waals surface area contributed by atoms with E-state index in [4.69, 9.17) is 4.42 Å². The molecule has 172 valence electrons. The minimum Gasteiger partial charge on any atom is -0.416 e. The van der Waals surface area contributed by atoms with Gasteiger partial charge in [0.05, 0.1) is 11.1 Å². The number of alkyl halides is 3. The third-order valence-electron chi connectivity index (χ3n) is 8.04. The summed E-state index contributed by atoms with van der Waals surface area (Å²) < 4.78 is 44.5. The highest BCUT2D eigenvalue weighted by Crippen LogP contribution is 2.74. The highest BCUT2D eigenvalue weighted by atomic mass is 19.4. The van der Waals surface area contributed by atoms with Gasteiger partial charge in [-0.3, -0.25) is 0 Å². The molecule has 1 fully saturated rings. The van der Waals surface area contributed by atoms with E-state index in [9.17, 15) is 13.2 Å². The molecular formula is C27H22F3N3O. The molecule has 2 aromatic rings. The van der Waals surface area contributed by atoms with Crippen molar-refractivity contribution in [2.24, 2.45) is 17.3 Å². The van der Waals surface area contributed by atoms with E-state index in [0.717, 1.165) is 23.4 Å². The molecule has 7 heteroatoms. The van der Waals surface area contributed by atoms with E-state index >= 15 is 0 Å². The van der Waals surface area contributed by atoms with Crippen molar-refractivity contribution in [2.75, 3.05) is 0 Å². The summed E-state index contributed by atoms with van der Waals surface area (Å²) in [7, 11) is 0. The Hall–Kier alpha value is -3.61. The number of hydrogen-bond donors (Lipinski definition) is 0. The molecule has 4 atom stereocenters. The smallest absolute Gasteiger partial charge is 0.416 e. The van der Waals surface area contributed by atoms with Gasteiger partial charge in [-0.25, -0.2) is 0 Å². The van der Waals surface area contributed by atoms with Crippen LogP contribution in [0.15, 0.2) is 95.3 Å². The van der Waals surface area contributed by atoms with Crippen LogP contribution in [-0.2, 0) is 6.18 Å². The molecule has 0 amide bonds. The van der Waals surface area contributed by atoms with Crippen molar-refractivity contribution in [1.82, 2.24) is 15.1 Å². The van der Waals surface area contributed by atoms with Crippen LogP contribution in [0, 0.1) is 17.3 Å². The molecule has 1 saturated carbocycles. The molecule has 6 rings (SSSR count). The second-order valence-electron chi connectivity index (χ2n) is 9.48. The Balaban J connectivity index is 1.37. The topological polar surface area (TPSA) is 42.2 Å². The highest BCUT2D eigenvalue weighted by Gasteiger charge is 2.77. The average Bonchev–Trinajstić information content (AvgIpc) is 3.13. The molecule has 0 N–H and O–H groups in total. The van der Waals surface area contributed by atoms with E-state index in [2.05, 4.69) is 66.0 Å². The number of aromatic nitrogens is 2. The van der Waals surface area contributed by atoms with Crippen LogP contribution in [0.2, 0.25) is 0 Å². The highest BCUT2D eigenvalue weighted by molar-refractivity contribution is 5.76. The maximum Gasteiger partial charge on any atom is 0.416 e. The SMILES string of the molecule is C=CC1C2(C)C3C=CC(c4nnc(-c5ccc(C(F)(F)F)cc5)o4)=CC3=C3C=CC=CN3C12C. The summed E-state index contributed by atoms with van der Waals surface area (Å²) in [5.74, 6) is 1.05. The molecule has 1 aromatic heterocycles. The number of benzene rings is 1. The van der Waals surface area contributed by atoms with Crippen LogP contribution in [0.1, 0.15) is 25.3 Å². The molecule has 1 aromatic carbocycles. The average molecular weight is 461 g/mol. The van der Waals surface area contributed by atoms with E-state index in [1.807, 2.05) is 18.2 Å². The second-order valence-corrected chi connectivity index (χ2v) is 9.48. The molecule has 0 saturated heterocycles. The minimum atomic E-state index is -4.39. The zero-order valence-electron chi connectivity index (χ0n) is 18.7. The lowest BCUT2D eigenvalue weighted by atomic mass is 9.73. The largest absolute Gasteiger partial charge is 0.416 e. The molecule has 2 aliphatic heterocycles. The first-order valence-corrected chi connectivity index (χ1v) is 11.1. The molecule has 4 nitrogen and oxygen atoms in total. The van der Waals surface area contributed by atoms with Crippen LogP contribution in [0.5, 0.6) is 0 Å². The van der Waals surface area contributed by atoms with Crippen LogP contribution >= 0.6 is 0 Å². The number of halogens is 3. The fraction of sp³-hybridized carbons (Fsp3) is 0.259. The second kappa shape index (κ2) is 6.72. The predicted molar refractivity (Wildman–Crippen MR) is 123 cm³/mol. The van der Waals surface area contributed by atoms with Crippen molar-refractivity contribution in [1.29, 1.82) is 0 Å². The Morgan fingerprint density at radius 2 is 1.79 bits per heavy atom. The Bertz CT molecular complexity index is 1360. The first-order valence-electron chi connectivity index (χ1n) is 11.1. The van der Waals surface area contributed by atoms with Gasteiger partial charge in [-0.1, -0.05) is 31.2 Å². The Labute approximate surface area is 195 Å². The molecule has 0 radical (unpaired) electrons. The van der Waals surface area contributed by atoms with Crippen molar-refractivity contribution in [3.8, 4) is 11.5 Å². The van der Waals surface area contributed by atoms with E-state index in [0.29, 0.717) is 17.4 Å². The first-order chi connectivity index (χ1) is 16.2. The van der Waals surface area contributed by atoms with Crippen molar-refractivity contribution in [3.05, 3.63) is 102 Å². The van der Waals surface area contributed by atoms with Gasteiger partial charge in [-0.05, 0) is 55.0 Å². The number of hydrogen-bond acceptors (Lipinski definition) is 4. The third kappa shape index (κ3) is 2.61. The summed E-state index contributed by atoms with van der Waals surface area (Å²) in [5.41, 5.74) is 2.76. The van der Waals surface area contributed by atoms with Gasteiger partial charge in [-0.15, -0.1) is 16.8 Å². The summed E-state index contributed by atoms with van der Waals surface area (Å²) in [6.07, 6.45) is 12.3. The number of allylic oxidation sites excluding steroid dienone is 8. The quantitative estimate of drug-likeness (QED) is 0.486. The lowest BCUT2D eigenvalue weighted by molar-refractivity contribution is -0.137. The minimum absolute atomic E-state index is 0.00185. The molecule has 4 unspecified atom stereocenters. The lowest BCUT2D eigenvalue weighted by Crippen LogP contribution is -2.42. The predicted octanol–water partition coefficient (Wildman–Crippen LogP) is 6.56. The van der Waals surface area contributed by atoms with Crippen molar-refractivity contribution in [3.63, 3.8) is 0 Å². The van der Waals surface area contributed by atoms with Gasteiger partial charge < -0.3 is 9.32 Å². The van der Waals surface area contributed by atoms with Gasteiger partial charge in [0.15, 0.2) is 0 Å². The standard InChI is InChI=1S/C27H22F3N3O/c1-4-22-25(2)20-13-10-17(15-19(20)21-7-5-6-14-33(21)26(22,25)3)24-32-31-23(34-24)16-8-11-18(12-9-16)27(28,29)30/h4-15,20,22H,1H2,2-3H3. The molecule has 0 spiro atoms. The van der Waals surface area contributed by atoms with Gasteiger partial charge in [0.25, 0.3) is 0 Å². The number of nitrogens with zero attached hydrogens (tertiary/aromatic N) is 3. The summed E-state index contributed by atoms with van der Waals surface area (Å²) in [4.78, 5) is 2.35. The van der Waals surface area contributed by atoms with E-state index in [1.54, 1.807) is 0 Å². The van der Waals surface area contributed by atoms with Crippen LogP contribution in [0.25, 0.3) is 17.0 Å². The van der Waals surface area contributed by atoms with Gasteiger partial charge in [-0.2, -0.15) is 13.2 Å². The van der Waals surface area contributed by atoms with Gasteiger partial charge >= 0.3 is 6.18 Å². The fourth-order valence-corrected chi connectivity index (χ4v) is 6.08. The maximum absolute atomic E-state index is 12.9. The summed E-state index contributed by atoms with van der Waals surface area (Å²) >= 11 is 0. The monoisotopic (exact) mass is 461 g/mol. The van der Waals surface area contributed by atoms with Crippen LogP contribution in [0.4, 0.5) is 13.2 Å². The van der Waals surface area contributed by atoms with E-state index in [1.165, 1.54) is 17.7 Å². The Morgan fingerprint density at radius 3 is 2.50 bits per heavy atom. The zero-order chi connectivity index (χ0) is 23.9. The summed E-state index contributed by atoms with van der Waals surface area (Å²) in [6.45, 7) is 8.71. The molecule has 34 heavy (non-hydrogen) atoms. The van der Waals surface area contributed by atoms with Gasteiger partial charge in [0.1, 0.15) is 0 Å². The third-order valence-corrected chi connectivity index (χ3v) is 8.04. The first kappa shape index (κ1) is 21.0. The van der Waals surface area contributed by atoms with Crippen LogP contribution < -0.4 is 0 Å². The Morgan fingerprint density at radius 1 is 1.06 bits per heavy atom. The molecule has 2 aliphatic carbocycles. The van der Waals surface area contributed by atoms with E-state index in [-0.39, 0.29) is 22.8 Å². The number of rotatable bonds is 3. The normalized spacial score (nSPS) is 31.1. The van der Waals surface area contributed by atoms with E-state index < -0.39 is 11.7 Å².